The largest absolute Gasteiger partial charge is 0.356 e. The summed E-state index contributed by atoms with van der Waals surface area (Å²) in [6.45, 7) is 8.38. The number of aromatic nitrogens is 4. The molecule has 1 saturated heterocycles. The highest BCUT2D eigenvalue weighted by atomic mass is 15.2. The van der Waals surface area contributed by atoms with Gasteiger partial charge in [-0.05, 0) is 57.4 Å². The molecule has 128 valence electrons. The summed E-state index contributed by atoms with van der Waals surface area (Å²) in [6, 6.07) is 6.29. The van der Waals surface area contributed by atoms with Crippen molar-refractivity contribution in [3.05, 3.63) is 52.9 Å². The number of rotatable bonds is 3. The first-order chi connectivity index (χ1) is 12.1. The van der Waals surface area contributed by atoms with Crippen molar-refractivity contribution in [3.63, 3.8) is 0 Å². The number of imidazole rings is 1. The maximum absolute atomic E-state index is 4.72. The van der Waals surface area contributed by atoms with E-state index in [1.54, 1.807) is 0 Å². The molecule has 0 aromatic carbocycles. The SMILES string of the molecule is Cc1cc(N2CCCC2)nc(/C=C/c2cn3c(C)ccc(C)c3n2)n1. The first-order valence-corrected chi connectivity index (χ1v) is 8.84. The van der Waals surface area contributed by atoms with Gasteiger partial charge in [0.15, 0.2) is 5.82 Å². The Bertz CT molecular complexity index is 909. The lowest BCUT2D eigenvalue weighted by molar-refractivity contribution is 0.915. The smallest absolute Gasteiger partial charge is 0.154 e. The molecule has 0 aliphatic carbocycles. The molecule has 1 aliphatic heterocycles. The van der Waals surface area contributed by atoms with Crippen LogP contribution in [-0.2, 0) is 0 Å². The minimum Gasteiger partial charge on any atom is -0.356 e. The second kappa shape index (κ2) is 6.31. The van der Waals surface area contributed by atoms with Crippen LogP contribution in [0.25, 0.3) is 17.8 Å². The zero-order valence-corrected chi connectivity index (χ0v) is 15.0. The number of hydrogen-bond acceptors (Lipinski definition) is 4. The van der Waals surface area contributed by atoms with Crippen molar-refractivity contribution in [2.45, 2.75) is 33.6 Å². The Balaban J connectivity index is 1.65. The van der Waals surface area contributed by atoms with E-state index in [4.69, 9.17) is 9.97 Å². The zero-order valence-electron chi connectivity index (χ0n) is 15.0. The molecule has 3 aromatic rings. The lowest BCUT2D eigenvalue weighted by Crippen LogP contribution is -2.19. The van der Waals surface area contributed by atoms with Gasteiger partial charge in [-0.25, -0.2) is 15.0 Å². The number of nitrogens with zero attached hydrogens (tertiary/aromatic N) is 5. The van der Waals surface area contributed by atoms with Gasteiger partial charge < -0.3 is 9.30 Å². The second-order valence-corrected chi connectivity index (χ2v) is 6.77. The van der Waals surface area contributed by atoms with E-state index in [-0.39, 0.29) is 0 Å². The summed E-state index contributed by atoms with van der Waals surface area (Å²) in [4.78, 5) is 16.3. The third-order valence-corrected chi connectivity index (χ3v) is 4.72. The molecule has 0 atom stereocenters. The van der Waals surface area contributed by atoms with Crippen LogP contribution in [-0.4, -0.2) is 32.4 Å². The molecular weight excluding hydrogens is 310 g/mol. The molecule has 1 fully saturated rings. The molecule has 4 heterocycles. The molecule has 0 radical (unpaired) electrons. The monoisotopic (exact) mass is 333 g/mol. The van der Waals surface area contributed by atoms with Gasteiger partial charge in [0, 0.05) is 36.7 Å². The third-order valence-electron chi connectivity index (χ3n) is 4.72. The molecule has 1 aliphatic rings. The highest BCUT2D eigenvalue weighted by Crippen LogP contribution is 2.19. The van der Waals surface area contributed by atoms with Crippen LogP contribution < -0.4 is 4.90 Å². The van der Waals surface area contributed by atoms with Crippen LogP contribution in [0.3, 0.4) is 0 Å². The summed E-state index contributed by atoms with van der Waals surface area (Å²) in [5.74, 6) is 1.78. The first-order valence-electron chi connectivity index (χ1n) is 8.84. The number of anilines is 1. The fourth-order valence-corrected chi connectivity index (χ4v) is 3.34. The normalized spacial score (nSPS) is 14.9. The number of hydrogen-bond donors (Lipinski definition) is 0. The van der Waals surface area contributed by atoms with E-state index < -0.39 is 0 Å². The van der Waals surface area contributed by atoms with E-state index in [9.17, 15) is 0 Å². The van der Waals surface area contributed by atoms with Gasteiger partial charge in [-0.1, -0.05) is 6.07 Å². The summed E-state index contributed by atoms with van der Waals surface area (Å²) >= 11 is 0. The van der Waals surface area contributed by atoms with Crippen LogP contribution >= 0.6 is 0 Å². The highest BCUT2D eigenvalue weighted by Gasteiger charge is 2.14. The predicted octanol–water partition coefficient (Wildman–Crippen LogP) is 3.82. The van der Waals surface area contributed by atoms with Gasteiger partial charge in [0.2, 0.25) is 0 Å². The quantitative estimate of drug-likeness (QED) is 0.731. The van der Waals surface area contributed by atoms with Crippen LogP contribution in [0.15, 0.2) is 24.4 Å². The van der Waals surface area contributed by atoms with Gasteiger partial charge >= 0.3 is 0 Å². The summed E-state index contributed by atoms with van der Waals surface area (Å²) in [5.41, 5.74) is 5.27. The Morgan fingerprint density at radius 2 is 1.76 bits per heavy atom. The van der Waals surface area contributed by atoms with Crippen LogP contribution in [0, 0.1) is 20.8 Å². The van der Waals surface area contributed by atoms with E-state index in [1.807, 2.05) is 19.1 Å². The maximum atomic E-state index is 4.72. The zero-order chi connectivity index (χ0) is 17.4. The van der Waals surface area contributed by atoms with Gasteiger partial charge in [-0.15, -0.1) is 0 Å². The predicted molar refractivity (Wildman–Crippen MR) is 102 cm³/mol. The molecule has 0 N–H and O–H groups in total. The molecule has 5 heteroatoms. The maximum Gasteiger partial charge on any atom is 0.154 e. The van der Waals surface area contributed by atoms with E-state index >= 15 is 0 Å². The van der Waals surface area contributed by atoms with Crippen molar-refractivity contribution < 1.29 is 0 Å². The molecule has 0 unspecified atom stereocenters. The van der Waals surface area contributed by atoms with Crippen LogP contribution in [0.5, 0.6) is 0 Å². The molecule has 5 nitrogen and oxygen atoms in total. The van der Waals surface area contributed by atoms with E-state index in [1.165, 1.54) is 24.1 Å². The standard InChI is InChI=1S/C20H23N5/c1-14-6-7-16(3)25-13-17(22-20(14)25)8-9-18-21-15(2)12-19(23-18)24-10-4-5-11-24/h6-9,12-13H,4-5,10-11H2,1-3H3/b9-8+. The Morgan fingerprint density at radius 3 is 2.52 bits per heavy atom. The molecule has 0 saturated carbocycles. The number of fused-ring (bicyclic) bond motifs is 1. The average molecular weight is 333 g/mol. The van der Waals surface area contributed by atoms with Crippen molar-refractivity contribution in [3.8, 4) is 0 Å². The van der Waals surface area contributed by atoms with Crippen molar-refractivity contribution in [1.82, 2.24) is 19.4 Å². The first kappa shape index (κ1) is 15.8. The van der Waals surface area contributed by atoms with Crippen LogP contribution in [0.2, 0.25) is 0 Å². The second-order valence-electron chi connectivity index (χ2n) is 6.77. The fraction of sp³-hybridized carbons (Fsp3) is 0.350. The Hall–Kier alpha value is -2.69. The number of pyridine rings is 1. The van der Waals surface area contributed by atoms with E-state index in [0.29, 0.717) is 0 Å². The third kappa shape index (κ3) is 3.14. The van der Waals surface area contributed by atoms with E-state index in [2.05, 4.69) is 52.5 Å². The summed E-state index contributed by atoms with van der Waals surface area (Å²) < 4.78 is 2.13. The molecule has 0 spiro atoms. The summed E-state index contributed by atoms with van der Waals surface area (Å²) in [6.07, 6.45) is 8.50. The van der Waals surface area contributed by atoms with Gasteiger partial charge in [0.1, 0.15) is 11.5 Å². The molecule has 4 rings (SSSR count). The topological polar surface area (TPSA) is 46.3 Å². The molecular formula is C20H23N5. The fourth-order valence-electron chi connectivity index (χ4n) is 3.34. The van der Waals surface area contributed by atoms with Crippen LogP contribution in [0.4, 0.5) is 5.82 Å². The summed E-state index contributed by atoms with van der Waals surface area (Å²) in [7, 11) is 0. The lowest BCUT2D eigenvalue weighted by atomic mass is 10.2. The minimum atomic E-state index is 0.743. The lowest BCUT2D eigenvalue weighted by Gasteiger charge is -2.16. The minimum absolute atomic E-state index is 0.743. The van der Waals surface area contributed by atoms with Gasteiger partial charge in [0.25, 0.3) is 0 Å². The van der Waals surface area contributed by atoms with Gasteiger partial charge in [-0.2, -0.15) is 0 Å². The van der Waals surface area contributed by atoms with Crippen molar-refractivity contribution in [2.24, 2.45) is 0 Å². The molecule has 3 aromatic heterocycles. The molecule has 25 heavy (non-hydrogen) atoms. The Labute approximate surface area is 148 Å². The van der Waals surface area contributed by atoms with Gasteiger partial charge in [-0.3, -0.25) is 0 Å². The Morgan fingerprint density at radius 1 is 0.960 bits per heavy atom. The van der Waals surface area contributed by atoms with Crippen LogP contribution in [0.1, 0.15) is 41.3 Å². The molecule has 0 bridgehead atoms. The van der Waals surface area contributed by atoms with Crippen molar-refractivity contribution in [2.75, 3.05) is 18.0 Å². The summed E-state index contributed by atoms with van der Waals surface area (Å²) in [5, 5.41) is 0. The highest BCUT2D eigenvalue weighted by molar-refractivity contribution is 5.67. The van der Waals surface area contributed by atoms with Crippen molar-refractivity contribution >= 4 is 23.6 Å². The Kier molecular flexibility index (Phi) is 3.99. The number of aryl methyl sites for hydroxylation is 3. The van der Waals surface area contributed by atoms with E-state index in [0.717, 1.165) is 41.8 Å². The van der Waals surface area contributed by atoms with Gasteiger partial charge in [0.05, 0.1) is 5.69 Å². The average Bonchev–Trinajstić information content (AvgIpc) is 3.26. The molecule has 0 amide bonds. The van der Waals surface area contributed by atoms with Crippen molar-refractivity contribution in [1.29, 1.82) is 0 Å².